The van der Waals surface area contributed by atoms with Crippen molar-refractivity contribution in [1.82, 2.24) is 0 Å². The van der Waals surface area contributed by atoms with Gasteiger partial charge in [0.2, 0.25) is 5.78 Å². The number of hydrogen-bond donors (Lipinski definition) is 0. The summed E-state index contributed by atoms with van der Waals surface area (Å²) in [6.07, 6.45) is 0.665. The molecular weight excluding hydrogens is 308 g/mol. The van der Waals surface area contributed by atoms with Gasteiger partial charge in [0.15, 0.2) is 17.1 Å². The third-order valence-electron chi connectivity index (χ3n) is 4.83. The highest BCUT2D eigenvalue weighted by Crippen LogP contribution is 2.60. The summed E-state index contributed by atoms with van der Waals surface area (Å²) in [4.78, 5) is 12.9. The van der Waals surface area contributed by atoms with Gasteiger partial charge < -0.3 is 18.9 Å². The largest absolute Gasteiger partial charge is 0.497 e. The summed E-state index contributed by atoms with van der Waals surface area (Å²) in [5.74, 6) is 2.65. The molecule has 0 bridgehead atoms. The predicted molar refractivity (Wildman–Crippen MR) is 87.6 cm³/mol. The summed E-state index contributed by atoms with van der Waals surface area (Å²) in [5.41, 5.74) is 0.826. The molecule has 0 N–H and O–H groups in total. The average molecular weight is 326 g/mol. The highest BCUT2D eigenvalue weighted by atomic mass is 16.5. The summed E-state index contributed by atoms with van der Waals surface area (Å²) in [6.45, 7) is 0. The smallest absolute Gasteiger partial charge is 0.210 e. The number of methoxy groups -OCH3 is 3. The van der Waals surface area contributed by atoms with Crippen LogP contribution in [0.1, 0.15) is 28.3 Å². The Morgan fingerprint density at radius 1 is 1.00 bits per heavy atom. The SMILES string of the molecule is COc1ccc2c(c1)C(=O)C1(CC1c1ccc(OC)c(OC)c1)O2. The molecule has 0 radical (unpaired) electrons. The van der Waals surface area contributed by atoms with E-state index < -0.39 is 5.60 Å². The lowest BCUT2D eigenvalue weighted by Crippen LogP contribution is -2.24. The number of benzene rings is 2. The molecule has 0 amide bonds. The maximum atomic E-state index is 12.9. The van der Waals surface area contributed by atoms with Crippen LogP contribution in [0.25, 0.3) is 0 Å². The van der Waals surface area contributed by atoms with Gasteiger partial charge in [0.25, 0.3) is 0 Å². The van der Waals surface area contributed by atoms with Crippen LogP contribution in [0.15, 0.2) is 36.4 Å². The molecule has 0 saturated heterocycles. The molecule has 1 aliphatic carbocycles. The molecule has 1 saturated carbocycles. The lowest BCUT2D eigenvalue weighted by molar-refractivity contribution is 0.0810. The molecule has 1 fully saturated rings. The van der Waals surface area contributed by atoms with Gasteiger partial charge in [-0.2, -0.15) is 0 Å². The standard InChI is InChI=1S/C19H18O5/c1-21-12-5-7-15-13(9-12)18(20)19(24-15)10-14(19)11-4-6-16(22-2)17(8-11)23-3/h4-9,14H,10H2,1-3H3. The van der Waals surface area contributed by atoms with E-state index in [1.54, 1.807) is 39.5 Å². The van der Waals surface area contributed by atoms with Crippen LogP contribution in [0.5, 0.6) is 23.0 Å². The van der Waals surface area contributed by atoms with Gasteiger partial charge in [-0.05, 0) is 35.9 Å². The number of hydrogen-bond acceptors (Lipinski definition) is 5. The zero-order valence-electron chi connectivity index (χ0n) is 13.8. The van der Waals surface area contributed by atoms with Crippen molar-refractivity contribution in [3.8, 4) is 23.0 Å². The van der Waals surface area contributed by atoms with Gasteiger partial charge in [-0.25, -0.2) is 0 Å². The predicted octanol–water partition coefficient (Wildman–Crippen LogP) is 3.21. The van der Waals surface area contributed by atoms with Crippen molar-refractivity contribution >= 4 is 5.78 Å². The normalized spacial score (nSPS) is 23.6. The average Bonchev–Trinajstić information content (AvgIpc) is 3.28. The number of ketones is 1. The lowest BCUT2D eigenvalue weighted by atomic mass is 10.0. The zero-order chi connectivity index (χ0) is 16.9. The number of Topliss-reactive ketones (excluding diaryl/α,β-unsaturated/α-hetero) is 1. The van der Waals surface area contributed by atoms with Crippen LogP contribution in [0.4, 0.5) is 0 Å². The molecule has 2 aliphatic rings. The molecule has 4 rings (SSSR count). The molecular formula is C19H18O5. The summed E-state index contributed by atoms with van der Waals surface area (Å²) in [5, 5.41) is 0. The van der Waals surface area contributed by atoms with E-state index in [-0.39, 0.29) is 11.7 Å². The van der Waals surface area contributed by atoms with Gasteiger partial charge in [0.1, 0.15) is 11.5 Å². The fourth-order valence-electron chi connectivity index (χ4n) is 3.44. The monoisotopic (exact) mass is 326 g/mol. The lowest BCUT2D eigenvalue weighted by Gasteiger charge is -2.12. The van der Waals surface area contributed by atoms with Gasteiger partial charge in [0.05, 0.1) is 26.9 Å². The number of carbonyl (C=O) groups excluding carboxylic acids is 1. The maximum absolute atomic E-state index is 12.9. The van der Waals surface area contributed by atoms with Crippen molar-refractivity contribution in [2.75, 3.05) is 21.3 Å². The van der Waals surface area contributed by atoms with Gasteiger partial charge in [-0.3, -0.25) is 4.79 Å². The Labute approximate surface area is 140 Å². The number of ether oxygens (including phenoxy) is 4. The first kappa shape index (κ1) is 14.9. The molecule has 5 nitrogen and oxygen atoms in total. The van der Waals surface area contributed by atoms with Crippen LogP contribution in [-0.2, 0) is 0 Å². The Hall–Kier alpha value is -2.69. The van der Waals surface area contributed by atoms with E-state index in [0.717, 1.165) is 5.56 Å². The molecule has 24 heavy (non-hydrogen) atoms. The number of rotatable bonds is 4. The Morgan fingerprint density at radius 3 is 2.50 bits per heavy atom. The first-order valence-corrected chi connectivity index (χ1v) is 7.76. The van der Waals surface area contributed by atoms with Crippen LogP contribution in [0.2, 0.25) is 0 Å². The van der Waals surface area contributed by atoms with Crippen LogP contribution >= 0.6 is 0 Å². The third-order valence-corrected chi connectivity index (χ3v) is 4.83. The number of fused-ring (bicyclic) bond motifs is 1. The highest BCUT2D eigenvalue weighted by Gasteiger charge is 2.66. The van der Waals surface area contributed by atoms with Crippen LogP contribution < -0.4 is 18.9 Å². The Morgan fingerprint density at radius 2 is 1.79 bits per heavy atom. The van der Waals surface area contributed by atoms with Crippen molar-refractivity contribution in [3.05, 3.63) is 47.5 Å². The fourth-order valence-corrected chi connectivity index (χ4v) is 3.44. The van der Waals surface area contributed by atoms with E-state index in [2.05, 4.69) is 0 Å². The van der Waals surface area contributed by atoms with Crippen LogP contribution in [0.3, 0.4) is 0 Å². The highest BCUT2D eigenvalue weighted by molar-refractivity contribution is 6.10. The molecule has 124 valence electrons. The van der Waals surface area contributed by atoms with Crippen LogP contribution in [-0.4, -0.2) is 32.7 Å². The first-order valence-electron chi connectivity index (χ1n) is 7.76. The minimum Gasteiger partial charge on any atom is -0.497 e. The molecule has 2 aromatic rings. The first-order chi connectivity index (χ1) is 11.6. The molecule has 2 unspecified atom stereocenters. The van der Waals surface area contributed by atoms with Gasteiger partial charge >= 0.3 is 0 Å². The second-order valence-corrected chi connectivity index (χ2v) is 6.05. The molecule has 1 aliphatic heterocycles. The van der Waals surface area contributed by atoms with E-state index in [4.69, 9.17) is 18.9 Å². The third kappa shape index (κ3) is 1.97. The molecule has 2 atom stereocenters. The molecule has 1 heterocycles. The van der Waals surface area contributed by atoms with Crippen molar-refractivity contribution in [3.63, 3.8) is 0 Å². The Kier molecular flexibility index (Phi) is 3.20. The van der Waals surface area contributed by atoms with E-state index in [0.29, 0.717) is 35.0 Å². The van der Waals surface area contributed by atoms with Gasteiger partial charge in [0, 0.05) is 12.3 Å². The summed E-state index contributed by atoms with van der Waals surface area (Å²) in [7, 11) is 4.79. The second-order valence-electron chi connectivity index (χ2n) is 6.05. The van der Waals surface area contributed by atoms with E-state index in [1.165, 1.54) is 0 Å². The fraction of sp³-hybridized carbons (Fsp3) is 0.316. The topological polar surface area (TPSA) is 54.0 Å². The van der Waals surface area contributed by atoms with Crippen LogP contribution in [0, 0.1) is 0 Å². The van der Waals surface area contributed by atoms with Crippen molar-refractivity contribution in [2.24, 2.45) is 0 Å². The van der Waals surface area contributed by atoms with E-state index >= 15 is 0 Å². The molecule has 0 aromatic heterocycles. The zero-order valence-corrected chi connectivity index (χ0v) is 13.8. The molecule has 2 aromatic carbocycles. The summed E-state index contributed by atoms with van der Waals surface area (Å²) in [6, 6.07) is 11.1. The Balaban J connectivity index is 1.65. The quantitative estimate of drug-likeness (QED) is 0.863. The van der Waals surface area contributed by atoms with E-state index in [1.807, 2.05) is 18.2 Å². The minimum atomic E-state index is -0.783. The minimum absolute atomic E-state index is 0.0169. The van der Waals surface area contributed by atoms with Crippen molar-refractivity contribution < 1.29 is 23.7 Å². The summed E-state index contributed by atoms with van der Waals surface area (Å²) < 4.78 is 21.9. The Bertz CT molecular complexity index is 829. The van der Waals surface area contributed by atoms with Gasteiger partial charge in [-0.15, -0.1) is 0 Å². The van der Waals surface area contributed by atoms with Crippen molar-refractivity contribution in [2.45, 2.75) is 17.9 Å². The van der Waals surface area contributed by atoms with E-state index in [9.17, 15) is 4.79 Å². The number of carbonyl (C=O) groups is 1. The summed E-state index contributed by atoms with van der Waals surface area (Å²) >= 11 is 0. The molecule has 1 spiro atoms. The molecule has 5 heteroatoms. The maximum Gasteiger partial charge on any atom is 0.210 e. The van der Waals surface area contributed by atoms with Crippen molar-refractivity contribution in [1.29, 1.82) is 0 Å². The van der Waals surface area contributed by atoms with Gasteiger partial charge in [-0.1, -0.05) is 6.07 Å². The second kappa shape index (κ2) is 5.16.